The highest BCUT2D eigenvalue weighted by atomic mass is 35.5. The number of rotatable bonds is 6. The first-order valence-electron chi connectivity index (χ1n) is 6.53. The van der Waals surface area contributed by atoms with Crippen LogP contribution >= 0.6 is 11.6 Å². The summed E-state index contributed by atoms with van der Waals surface area (Å²) in [5, 5.41) is 0.384. The lowest BCUT2D eigenvalue weighted by molar-refractivity contribution is 0.309. The Labute approximate surface area is 123 Å². The van der Waals surface area contributed by atoms with Gasteiger partial charge in [0, 0.05) is 12.5 Å². The number of halogens is 1. The van der Waals surface area contributed by atoms with E-state index in [9.17, 15) is 0 Å². The van der Waals surface area contributed by atoms with Crippen molar-refractivity contribution >= 4 is 11.6 Å². The lowest BCUT2D eigenvalue weighted by Gasteiger charge is -2.09. The molecule has 1 heterocycles. The molecule has 0 unspecified atom stereocenters. The van der Waals surface area contributed by atoms with E-state index in [2.05, 4.69) is 9.97 Å². The Kier molecular flexibility index (Phi) is 5.18. The van der Waals surface area contributed by atoms with E-state index in [1.807, 2.05) is 38.1 Å². The van der Waals surface area contributed by atoms with Crippen LogP contribution in [0.3, 0.4) is 0 Å². The molecule has 1 aromatic heterocycles. The third-order valence-electron chi connectivity index (χ3n) is 2.69. The molecule has 0 fully saturated rings. The van der Waals surface area contributed by atoms with Crippen LogP contribution in [0.15, 0.2) is 30.3 Å². The van der Waals surface area contributed by atoms with Gasteiger partial charge in [0.05, 0.1) is 13.2 Å². The number of para-hydroxylation sites is 1. The van der Waals surface area contributed by atoms with Gasteiger partial charge in [-0.25, -0.2) is 4.98 Å². The maximum Gasteiger partial charge on any atom is 0.218 e. The maximum absolute atomic E-state index is 5.93. The van der Waals surface area contributed by atoms with Gasteiger partial charge in [0.2, 0.25) is 5.88 Å². The van der Waals surface area contributed by atoms with Crippen LogP contribution in [0.1, 0.15) is 18.3 Å². The van der Waals surface area contributed by atoms with E-state index in [-0.39, 0.29) is 0 Å². The molecule has 20 heavy (non-hydrogen) atoms. The molecule has 2 rings (SSSR count). The Balaban J connectivity index is 1.95. The van der Waals surface area contributed by atoms with Gasteiger partial charge in [-0.05, 0) is 25.5 Å². The first-order valence-corrected chi connectivity index (χ1v) is 6.91. The first kappa shape index (κ1) is 14.6. The van der Waals surface area contributed by atoms with Crippen molar-refractivity contribution in [3.05, 3.63) is 46.9 Å². The summed E-state index contributed by atoms with van der Waals surface area (Å²) in [6, 6.07) is 9.50. The molecule has 0 saturated heterocycles. The molecule has 0 aliphatic heterocycles. The summed E-state index contributed by atoms with van der Waals surface area (Å²) in [5.41, 5.74) is 1.11. The molecule has 4 nitrogen and oxygen atoms in total. The van der Waals surface area contributed by atoms with Crippen LogP contribution in [-0.4, -0.2) is 23.2 Å². The zero-order valence-corrected chi connectivity index (χ0v) is 12.4. The summed E-state index contributed by atoms with van der Waals surface area (Å²) < 4.78 is 11.1. The van der Waals surface area contributed by atoms with Crippen molar-refractivity contribution in [1.29, 1.82) is 0 Å². The molecule has 5 heteroatoms. The summed E-state index contributed by atoms with van der Waals surface area (Å²) in [7, 11) is 0. The van der Waals surface area contributed by atoms with Crippen LogP contribution < -0.4 is 9.47 Å². The van der Waals surface area contributed by atoms with Gasteiger partial charge in [0.25, 0.3) is 0 Å². The number of hydrogen-bond acceptors (Lipinski definition) is 4. The number of aryl methyl sites for hydroxylation is 1. The minimum absolute atomic E-state index is 0.384. The molecule has 0 aliphatic carbocycles. The highest BCUT2D eigenvalue weighted by molar-refractivity contribution is 6.29. The van der Waals surface area contributed by atoms with Crippen LogP contribution in [0.2, 0.25) is 5.15 Å². The van der Waals surface area contributed by atoms with Gasteiger partial charge >= 0.3 is 0 Å². The standard InChI is InChI=1S/C15H17ClN2O2/c1-3-19-15-10-13(16)17-14(18-15)8-9-20-12-7-5-4-6-11(12)2/h4-7,10H,3,8-9H2,1-2H3. The van der Waals surface area contributed by atoms with Crippen molar-refractivity contribution in [3.63, 3.8) is 0 Å². The van der Waals surface area contributed by atoms with Crippen molar-refractivity contribution in [2.24, 2.45) is 0 Å². The molecule has 0 radical (unpaired) electrons. The lowest BCUT2D eigenvalue weighted by Crippen LogP contribution is -2.07. The van der Waals surface area contributed by atoms with Crippen molar-refractivity contribution in [3.8, 4) is 11.6 Å². The summed E-state index contributed by atoms with van der Waals surface area (Å²) in [6.45, 7) is 4.96. The van der Waals surface area contributed by atoms with Gasteiger partial charge in [0.15, 0.2) is 0 Å². The van der Waals surface area contributed by atoms with Crippen LogP contribution in [0.25, 0.3) is 0 Å². The summed E-state index contributed by atoms with van der Waals surface area (Å²) >= 11 is 5.93. The first-order chi connectivity index (χ1) is 9.69. The van der Waals surface area contributed by atoms with E-state index in [1.165, 1.54) is 0 Å². The topological polar surface area (TPSA) is 44.2 Å². The Morgan fingerprint density at radius 2 is 1.95 bits per heavy atom. The molecule has 0 spiro atoms. The third-order valence-corrected chi connectivity index (χ3v) is 2.88. The molecular formula is C15H17ClN2O2. The predicted octanol–water partition coefficient (Wildman–Crippen LogP) is 3.46. The molecular weight excluding hydrogens is 276 g/mol. The zero-order valence-electron chi connectivity index (χ0n) is 11.6. The van der Waals surface area contributed by atoms with Crippen LogP contribution in [0.4, 0.5) is 0 Å². The van der Waals surface area contributed by atoms with Crippen molar-refractivity contribution in [1.82, 2.24) is 9.97 Å². The fraction of sp³-hybridized carbons (Fsp3) is 0.333. The second-order valence-corrected chi connectivity index (χ2v) is 4.63. The predicted molar refractivity (Wildman–Crippen MR) is 78.6 cm³/mol. The molecule has 1 aromatic carbocycles. The van der Waals surface area contributed by atoms with E-state index in [1.54, 1.807) is 6.07 Å². The Hall–Kier alpha value is -1.81. The smallest absolute Gasteiger partial charge is 0.218 e. The van der Waals surface area contributed by atoms with Gasteiger partial charge in [-0.3, -0.25) is 0 Å². The van der Waals surface area contributed by atoms with E-state index >= 15 is 0 Å². The number of hydrogen-bond donors (Lipinski definition) is 0. The normalized spacial score (nSPS) is 10.3. The van der Waals surface area contributed by atoms with Gasteiger partial charge in [0.1, 0.15) is 16.7 Å². The van der Waals surface area contributed by atoms with Crippen molar-refractivity contribution in [2.45, 2.75) is 20.3 Å². The second kappa shape index (κ2) is 7.10. The number of ether oxygens (including phenoxy) is 2. The number of nitrogens with zero attached hydrogens (tertiary/aromatic N) is 2. The highest BCUT2D eigenvalue weighted by Crippen LogP contribution is 2.17. The third kappa shape index (κ3) is 4.10. The number of benzene rings is 1. The van der Waals surface area contributed by atoms with Gasteiger partial charge < -0.3 is 9.47 Å². The lowest BCUT2D eigenvalue weighted by atomic mass is 10.2. The summed E-state index contributed by atoms with van der Waals surface area (Å²) in [5.74, 6) is 1.99. The molecule has 106 valence electrons. The zero-order chi connectivity index (χ0) is 14.4. The molecule has 0 saturated carbocycles. The minimum atomic E-state index is 0.384. The molecule has 0 amide bonds. The molecule has 0 atom stereocenters. The molecule has 0 N–H and O–H groups in total. The maximum atomic E-state index is 5.93. The van der Waals surface area contributed by atoms with E-state index in [4.69, 9.17) is 21.1 Å². The van der Waals surface area contributed by atoms with Crippen molar-refractivity contribution < 1.29 is 9.47 Å². The van der Waals surface area contributed by atoms with E-state index in [0.717, 1.165) is 11.3 Å². The molecule has 2 aromatic rings. The van der Waals surface area contributed by atoms with Crippen LogP contribution in [-0.2, 0) is 6.42 Å². The van der Waals surface area contributed by atoms with E-state index in [0.29, 0.717) is 36.5 Å². The molecule has 0 aliphatic rings. The Bertz CT molecular complexity index is 576. The van der Waals surface area contributed by atoms with Crippen molar-refractivity contribution in [2.75, 3.05) is 13.2 Å². The second-order valence-electron chi connectivity index (χ2n) is 4.24. The van der Waals surface area contributed by atoms with E-state index < -0.39 is 0 Å². The van der Waals surface area contributed by atoms with Gasteiger partial charge in [-0.1, -0.05) is 29.8 Å². The minimum Gasteiger partial charge on any atom is -0.493 e. The highest BCUT2D eigenvalue weighted by Gasteiger charge is 2.05. The van der Waals surface area contributed by atoms with Gasteiger partial charge in [-0.15, -0.1) is 0 Å². The average molecular weight is 293 g/mol. The Morgan fingerprint density at radius 1 is 1.15 bits per heavy atom. The number of aromatic nitrogens is 2. The summed E-state index contributed by atoms with van der Waals surface area (Å²) in [6.07, 6.45) is 0.578. The fourth-order valence-electron chi connectivity index (χ4n) is 1.75. The van der Waals surface area contributed by atoms with Crippen LogP contribution in [0.5, 0.6) is 11.6 Å². The Morgan fingerprint density at radius 3 is 2.70 bits per heavy atom. The monoisotopic (exact) mass is 292 g/mol. The van der Waals surface area contributed by atoms with Crippen LogP contribution in [0, 0.1) is 6.92 Å². The average Bonchev–Trinajstić information content (AvgIpc) is 2.41. The molecule has 0 bridgehead atoms. The SMILES string of the molecule is CCOc1cc(Cl)nc(CCOc2ccccc2C)n1. The summed E-state index contributed by atoms with van der Waals surface area (Å²) in [4.78, 5) is 8.44. The van der Waals surface area contributed by atoms with Gasteiger partial charge in [-0.2, -0.15) is 4.98 Å². The quantitative estimate of drug-likeness (QED) is 0.765. The fourth-order valence-corrected chi connectivity index (χ4v) is 1.94. The largest absolute Gasteiger partial charge is 0.493 e.